The van der Waals surface area contributed by atoms with Gasteiger partial charge in [-0.05, 0) is 107 Å². The number of rotatable bonds is 31. The lowest BCUT2D eigenvalue weighted by Crippen LogP contribution is -2.57. The minimum absolute atomic E-state index is 0.231. The van der Waals surface area contributed by atoms with Crippen molar-refractivity contribution in [2.45, 2.75) is 89.6 Å². The Morgan fingerprint density at radius 3 is 0.863 bits per heavy atom. The fourth-order valence-corrected chi connectivity index (χ4v) is 15.5. The number of H-pyrrole nitrogens is 2. The summed E-state index contributed by atoms with van der Waals surface area (Å²) in [5.41, 5.74) is 10.2. The molecule has 15 atom stereocenters. The van der Waals surface area contributed by atoms with E-state index in [1.165, 1.54) is 35.3 Å². The lowest BCUT2D eigenvalue weighted by molar-refractivity contribution is -0.205. The maximum atomic E-state index is 10.4. The Balaban J connectivity index is 0.817. The minimum atomic E-state index is -1.45. The first-order valence-electron chi connectivity index (χ1n) is 33.6. The summed E-state index contributed by atoms with van der Waals surface area (Å²) >= 11 is 3.64. The predicted molar refractivity (Wildman–Crippen MR) is 388 cm³/mol. The number of thioether (sulfide) groups is 3. The van der Waals surface area contributed by atoms with Crippen LogP contribution in [0, 0.1) is 0 Å². The molecule has 0 radical (unpaired) electrons. The number of aromatic nitrogens is 4. The summed E-state index contributed by atoms with van der Waals surface area (Å²) in [7, 11) is 0. The molecule has 3 fully saturated rings. The summed E-state index contributed by atoms with van der Waals surface area (Å²) < 4.78 is 52.8. The summed E-state index contributed by atoms with van der Waals surface area (Å²) in [6.45, 7) is 0.858. The molecule has 102 heavy (non-hydrogen) atoms. The Morgan fingerprint density at radius 1 is 0.314 bits per heavy atom. The van der Waals surface area contributed by atoms with Crippen LogP contribution >= 0.6 is 35.3 Å². The molecule has 25 nitrogen and oxygen atoms in total. The van der Waals surface area contributed by atoms with Crippen LogP contribution in [-0.2, 0) is 28.4 Å². The average Bonchev–Trinajstić information content (AvgIpc) is 1.62. The van der Waals surface area contributed by atoms with Crippen LogP contribution in [-0.4, -0.2) is 267 Å². The lowest BCUT2D eigenvalue weighted by atomic mass is 10.0. The minimum Gasteiger partial charge on any atom is -0.491 e. The monoisotopic (exact) mass is 1460 g/mol. The Labute approximate surface area is 600 Å². The third-order valence-electron chi connectivity index (χ3n) is 17.8. The number of aliphatic hydroxyl groups is 12. The van der Waals surface area contributed by atoms with E-state index in [0.717, 1.165) is 72.3 Å². The largest absolute Gasteiger partial charge is 0.491 e. The Kier molecular flexibility index (Phi) is 26.3. The lowest BCUT2D eigenvalue weighted by Gasteiger charge is -2.39. The Hall–Kier alpha value is -6.79. The molecule has 5 aliphatic rings. The molecular formula is C74H84N4O21S3. The zero-order valence-electron chi connectivity index (χ0n) is 55.4. The summed E-state index contributed by atoms with van der Waals surface area (Å²) in [5.74, 6) is 3.06. The number of hydrogen-bond donors (Lipinski definition) is 14. The van der Waals surface area contributed by atoms with Crippen LogP contribution in [0.1, 0.15) is 22.8 Å². The van der Waals surface area contributed by atoms with Crippen molar-refractivity contribution in [3.05, 3.63) is 150 Å². The molecular weight excluding hydrogens is 1380 g/mol. The van der Waals surface area contributed by atoms with Gasteiger partial charge in [0.05, 0.1) is 82.2 Å². The first-order chi connectivity index (χ1) is 49.7. The van der Waals surface area contributed by atoms with Gasteiger partial charge in [0.2, 0.25) is 0 Å². The number of benzene rings is 4. The molecule has 5 aliphatic heterocycles. The van der Waals surface area contributed by atoms with Crippen molar-refractivity contribution in [1.29, 1.82) is 0 Å². The van der Waals surface area contributed by atoms with Crippen LogP contribution < -0.4 is 14.2 Å². The Morgan fingerprint density at radius 2 is 0.588 bits per heavy atom. The third-order valence-corrected chi connectivity index (χ3v) is 21.2. The van der Waals surface area contributed by atoms with Gasteiger partial charge in [0.25, 0.3) is 0 Å². The highest BCUT2D eigenvalue weighted by atomic mass is 32.2. The molecule has 4 aromatic carbocycles. The van der Waals surface area contributed by atoms with Gasteiger partial charge in [-0.1, -0.05) is 66.7 Å². The second-order valence-corrected chi connectivity index (χ2v) is 28.1. The van der Waals surface area contributed by atoms with Gasteiger partial charge in [0.1, 0.15) is 127 Å². The molecule has 28 heteroatoms. The van der Waals surface area contributed by atoms with Crippen molar-refractivity contribution in [1.82, 2.24) is 19.9 Å². The highest BCUT2D eigenvalue weighted by Gasteiger charge is 2.46. The second kappa shape index (κ2) is 35.8. The van der Waals surface area contributed by atoms with Gasteiger partial charge >= 0.3 is 0 Å². The summed E-state index contributed by atoms with van der Waals surface area (Å²) in [6, 6.07) is 41.6. The quantitative estimate of drug-likeness (QED) is 0.0251. The molecule has 7 aromatic rings. The van der Waals surface area contributed by atoms with Gasteiger partial charge in [-0.25, -0.2) is 9.97 Å². The molecule has 0 aliphatic carbocycles. The van der Waals surface area contributed by atoms with Crippen molar-refractivity contribution in [2.24, 2.45) is 0 Å². The zero-order valence-corrected chi connectivity index (χ0v) is 57.8. The smallest absolute Gasteiger partial charge is 0.132 e. The van der Waals surface area contributed by atoms with E-state index in [9.17, 15) is 61.3 Å². The van der Waals surface area contributed by atoms with Crippen LogP contribution in [0.4, 0.5) is 0 Å². The van der Waals surface area contributed by atoms with Crippen molar-refractivity contribution >= 4 is 81.7 Å². The summed E-state index contributed by atoms with van der Waals surface area (Å²) in [6.07, 6.45) is -7.51. The van der Waals surface area contributed by atoms with Gasteiger partial charge in [-0.15, -0.1) is 35.3 Å². The number of ether oxygens (including phenoxy) is 9. The molecule has 0 amide bonds. The van der Waals surface area contributed by atoms with Gasteiger partial charge < -0.3 is 114 Å². The van der Waals surface area contributed by atoms with Crippen LogP contribution in [0.15, 0.2) is 127 Å². The third kappa shape index (κ3) is 17.8. The number of aromatic amines is 2. The Bertz CT molecular complexity index is 4000. The molecule has 0 saturated carbocycles. The summed E-state index contributed by atoms with van der Waals surface area (Å²) in [5, 5.41) is 121. The van der Waals surface area contributed by atoms with Crippen molar-refractivity contribution in [3.63, 3.8) is 0 Å². The SMILES string of the molecule is OC[C@H]1O[C@H](SCCOCCOc2ccc(-c3c4nc(c(-c5ccc(OCCOCCS[C@H]6O[C@H](CO)[C@@H](O)[C@H](O)[C@@H]6O)cc5)c5ccc([nH]5)c(-c5ccc(OCCOCCS[C@H]6O[C@H](CO)[C@@H](O)[C@H](O)[C@@H]6O)cc5)c5nc(c(-c6ccccc6)c6ccc3[nH]6)C=C5)C=C4)cc2)[C@@H](O)[C@@H](O)[C@@H]1O. The van der Waals surface area contributed by atoms with Crippen LogP contribution in [0.5, 0.6) is 17.2 Å². The molecule has 3 aromatic heterocycles. The van der Waals surface area contributed by atoms with E-state index >= 15 is 0 Å². The van der Waals surface area contributed by atoms with Crippen LogP contribution in [0.25, 0.3) is 90.9 Å². The molecule has 0 spiro atoms. The predicted octanol–water partition coefficient (Wildman–Crippen LogP) is 5.11. The highest BCUT2D eigenvalue weighted by molar-refractivity contribution is 8.00. The van der Waals surface area contributed by atoms with Crippen molar-refractivity contribution in [2.75, 3.05) is 96.5 Å². The van der Waals surface area contributed by atoms with Gasteiger partial charge in [-0.3, -0.25) is 0 Å². The standard InChI is InChI=1S/C74H84N4O21S3/c79-38-56-63(82)66(85)69(88)72(97-56)100-35-32-91-26-29-94-45-12-6-42(7-13-45)60-50-20-18-48(75-50)59(41-4-2-1-3-5-41)49-19-21-51(76-49)61(43-8-14-46(15-9-43)95-30-27-92-33-36-101-73-70(89)67(86)64(83)57(39-80)98-73)53-23-25-55(78-53)62(54-24-22-52(60)77-54)44-10-16-47(17-11-44)96-31-28-93-34-37-102-74-71(90)68(87)65(84)58(40-81)99-74/h1-25,56-58,63-75,78-90H,26-40H2/t56-,57-,58-,63-,64-,65-,66+,67+,68+,69+,70+,71+,72-,73-,74-/m1/s1. The molecule has 14 N–H and O–H groups in total. The van der Waals surface area contributed by atoms with E-state index in [4.69, 9.17) is 52.6 Å². The summed E-state index contributed by atoms with van der Waals surface area (Å²) in [4.78, 5) is 18.5. The van der Waals surface area contributed by atoms with Gasteiger partial charge in [0, 0.05) is 61.6 Å². The number of nitrogens with zero attached hydrogens (tertiary/aromatic N) is 2. The van der Waals surface area contributed by atoms with E-state index in [1.54, 1.807) is 0 Å². The average molecular weight is 1460 g/mol. The first kappa shape index (κ1) is 74.9. The van der Waals surface area contributed by atoms with E-state index in [-0.39, 0.29) is 46.2 Å². The fourth-order valence-electron chi connectivity index (χ4n) is 12.4. The maximum Gasteiger partial charge on any atom is 0.132 e. The molecule has 12 rings (SSSR count). The van der Waals surface area contributed by atoms with Crippen molar-refractivity contribution in [3.8, 4) is 61.8 Å². The fraction of sp³-hybridized carbons (Fsp3) is 0.405. The van der Waals surface area contributed by atoms with E-state index in [2.05, 4.69) is 34.2 Å². The molecule has 544 valence electrons. The van der Waals surface area contributed by atoms with E-state index < -0.39 is 109 Å². The molecule has 8 bridgehead atoms. The van der Waals surface area contributed by atoms with Gasteiger partial charge in [-0.2, -0.15) is 0 Å². The maximum absolute atomic E-state index is 10.4. The number of fused-ring (bicyclic) bond motifs is 8. The van der Waals surface area contributed by atoms with Crippen molar-refractivity contribution < 1.29 is 104 Å². The zero-order chi connectivity index (χ0) is 71.2. The number of hydrogen-bond acceptors (Lipinski definition) is 26. The molecule has 8 heterocycles. The van der Waals surface area contributed by atoms with E-state index in [0.29, 0.717) is 64.8 Å². The first-order valence-corrected chi connectivity index (χ1v) is 36.8. The second-order valence-electron chi connectivity index (χ2n) is 24.5. The van der Waals surface area contributed by atoms with Crippen LogP contribution in [0.2, 0.25) is 0 Å². The topological polar surface area (TPSA) is 383 Å². The van der Waals surface area contributed by atoms with Crippen LogP contribution in [0.3, 0.4) is 0 Å². The molecule has 3 saturated heterocycles. The van der Waals surface area contributed by atoms with E-state index in [1.807, 2.05) is 127 Å². The van der Waals surface area contributed by atoms with Gasteiger partial charge in [0.15, 0.2) is 0 Å². The number of nitrogens with one attached hydrogen (secondary N) is 2. The highest BCUT2D eigenvalue weighted by Crippen LogP contribution is 2.41. The molecule has 0 unspecified atom stereocenters. The number of aliphatic hydroxyl groups excluding tert-OH is 12. The normalized spacial score (nSPS) is 25.6.